The summed E-state index contributed by atoms with van der Waals surface area (Å²) >= 11 is 0. The SMILES string of the molecule is COCOCC[C@@]12C[C@@H](C(=O)C1C(=O)OC)C1(C[C@@H]2C)OCCO1. The molecule has 1 spiro atoms. The zero-order valence-corrected chi connectivity index (χ0v) is 14.5. The van der Waals surface area contributed by atoms with Crippen LogP contribution >= 0.6 is 0 Å². The summed E-state index contributed by atoms with van der Waals surface area (Å²) in [5.74, 6) is -2.55. The van der Waals surface area contributed by atoms with Gasteiger partial charge in [-0.25, -0.2) is 0 Å². The van der Waals surface area contributed by atoms with Gasteiger partial charge in [0.15, 0.2) is 11.6 Å². The van der Waals surface area contributed by atoms with Gasteiger partial charge in [-0.05, 0) is 24.2 Å². The van der Waals surface area contributed by atoms with Gasteiger partial charge in [0.1, 0.15) is 12.7 Å². The Bertz CT molecular complexity index is 499. The Balaban J connectivity index is 1.89. The van der Waals surface area contributed by atoms with Gasteiger partial charge < -0.3 is 23.7 Å². The van der Waals surface area contributed by atoms with Crippen molar-refractivity contribution in [2.75, 3.05) is 40.8 Å². The smallest absolute Gasteiger partial charge is 0.316 e. The van der Waals surface area contributed by atoms with E-state index in [0.29, 0.717) is 39.1 Å². The highest BCUT2D eigenvalue weighted by Crippen LogP contribution is 2.62. The van der Waals surface area contributed by atoms with E-state index in [2.05, 4.69) is 6.92 Å². The highest BCUT2D eigenvalue weighted by atomic mass is 16.7. The first-order chi connectivity index (χ1) is 11.5. The number of methoxy groups -OCH3 is 2. The van der Waals surface area contributed by atoms with Crippen molar-refractivity contribution in [1.29, 1.82) is 0 Å². The maximum absolute atomic E-state index is 13.1. The topological polar surface area (TPSA) is 80.3 Å². The van der Waals surface area contributed by atoms with Gasteiger partial charge in [-0.2, -0.15) is 0 Å². The second kappa shape index (κ2) is 6.71. The zero-order chi connectivity index (χ0) is 17.4. The van der Waals surface area contributed by atoms with Crippen molar-refractivity contribution in [3.63, 3.8) is 0 Å². The number of fused-ring (bicyclic) bond motifs is 3. The molecular weight excluding hydrogens is 316 g/mol. The van der Waals surface area contributed by atoms with Crippen molar-refractivity contribution >= 4 is 11.8 Å². The minimum Gasteiger partial charge on any atom is -0.468 e. The van der Waals surface area contributed by atoms with E-state index in [-0.39, 0.29) is 18.5 Å². The van der Waals surface area contributed by atoms with Crippen LogP contribution in [0.5, 0.6) is 0 Å². The summed E-state index contributed by atoms with van der Waals surface area (Å²) in [7, 11) is 2.89. The van der Waals surface area contributed by atoms with E-state index in [1.165, 1.54) is 7.11 Å². The predicted octanol–water partition coefficient (Wildman–Crippen LogP) is 1.14. The lowest BCUT2D eigenvalue weighted by atomic mass is 9.61. The quantitative estimate of drug-likeness (QED) is 0.310. The molecule has 2 saturated carbocycles. The molecule has 0 radical (unpaired) electrons. The largest absolute Gasteiger partial charge is 0.468 e. The second-order valence-corrected chi connectivity index (χ2v) is 7.03. The van der Waals surface area contributed by atoms with E-state index in [9.17, 15) is 9.59 Å². The average molecular weight is 342 g/mol. The molecule has 2 aliphatic carbocycles. The molecule has 7 heteroatoms. The normalized spacial score (nSPS) is 37.1. The van der Waals surface area contributed by atoms with Crippen LogP contribution in [0.1, 0.15) is 26.2 Å². The van der Waals surface area contributed by atoms with E-state index in [1.807, 2.05) is 0 Å². The molecule has 1 heterocycles. The minimum absolute atomic E-state index is 0.0774. The predicted molar refractivity (Wildman–Crippen MR) is 81.9 cm³/mol. The van der Waals surface area contributed by atoms with Gasteiger partial charge in [-0.15, -0.1) is 0 Å². The van der Waals surface area contributed by atoms with Crippen molar-refractivity contribution in [2.45, 2.75) is 32.0 Å². The number of ether oxygens (including phenoxy) is 5. The summed E-state index contributed by atoms with van der Waals surface area (Å²) in [5, 5.41) is 0. The fourth-order valence-electron chi connectivity index (χ4n) is 4.87. The summed E-state index contributed by atoms with van der Waals surface area (Å²) in [5.41, 5.74) is -0.469. The zero-order valence-electron chi connectivity index (χ0n) is 14.5. The maximum atomic E-state index is 13.1. The summed E-state index contributed by atoms with van der Waals surface area (Å²) in [6.45, 7) is 3.67. The van der Waals surface area contributed by atoms with Crippen LogP contribution in [-0.4, -0.2) is 58.4 Å². The van der Waals surface area contributed by atoms with Crippen molar-refractivity contribution in [1.82, 2.24) is 0 Å². The van der Waals surface area contributed by atoms with E-state index in [1.54, 1.807) is 7.11 Å². The number of hydrogen-bond acceptors (Lipinski definition) is 7. The number of esters is 1. The van der Waals surface area contributed by atoms with Gasteiger partial charge in [0, 0.05) is 13.5 Å². The molecule has 24 heavy (non-hydrogen) atoms. The average Bonchev–Trinajstić information content (AvgIpc) is 3.13. The van der Waals surface area contributed by atoms with Crippen molar-refractivity contribution < 1.29 is 33.3 Å². The van der Waals surface area contributed by atoms with Crippen LogP contribution < -0.4 is 0 Å². The third kappa shape index (κ3) is 2.58. The molecule has 0 aromatic rings. The molecule has 0 N–H and O–H groups in total. The Hall–Kier alpha value is -1.02. The van der Waals surface area contributed by atoms with E-state index in [0.717, 1.165) is 0 Å². The molecule has 1 unspecified atom stereocenters. The van der Waals surface area contributed by atoms with Crippen LogP contribution in [0.2, 0.25) is 0 Å². The van der Waals surface area contributed by atoms with Crippen LogP contribution in [0.25, 0.3) is 0 Å². The molecule has 3 fully saturated rings. The van der Waals surface area contributed by atoms with Gasteiger partial charge in [-0.1, -0.05) is 6.92 Å². The first kappa shape index (κ1) is 17.8. The van der Waals surface area contributed by atoms with Crippen molar-refractivity contribution in [2.24, 2.45) is 23.2 Å². The number of carbonyl (C=O) groups is 2. The first-order valence-corrected chi connectivity index (χ1v) is 8.47. The summed E-state index contributed by atoms with van der Waals surface area (Å²) < 4.78 is 27.0. The van der Waals surface area contributed by atoms with Gasteiger partial charge in [-0.3, -0.25) is 9.59 Å². The van der Waals surface area contributed by atoms with Gasteiger partial charge in [0.05, 0.1) is 32.8 Å². The molecule has 0 aromatic heterocycles. The molecule has 0 aromatic carbocycles. The molecule has 4 atom stereocenters. The van der Waals surface area contributed by atoms with Gasteiger partial charge >= 0.3 is 5.97 Å². The van der Waals surface area contributed by atoms with E-state index < -0.39 is 29.0 Å². The molecule has 2 bridgehead atoms. The number of hydrogen-bond donors (Lipinski definition) is 0. The summed E-state index contributed by atoms with van der Waals surface area (Å²) in [6.07, 6.45) is 1.79. The van der Waals surface area contributed by atoms with E-state index in [4.69, 9.17) is 23.7 Å². The highest BCUT2D eigenvalue weighted by Gasteiger charge is 2.69. The monoisotopic (exact) mass is 342 g/mol. The van der Waals surface area contributed by atoms with Crippen LogP contribution in [0, 0.1) is 23.2 Å². The van der Waals surface area contributed by atoms with Gasteiger partial charge in [0.25, 0.3) is 0 Å². The lowest BCUT2D eigenvalue weighted by molar-refractivity contribution is -0.226. The highest BCUT2D eigenvalue weighted by molar-refractivity contribution is 6.03. The third-order valence-electron chi connectivity index (χ3n) is 6.02. The molecule has 1 aliphatic heterocycles. The second-order valence-electron chi connectivity index (χ2n) is 7.03. The number of carbonyl (C=O) groups excluding carboxylic acids is 2. The van der Waals surface area contributed by atoms with Crippen LogP contribution in [0.3, 0.4) is 0 Å². The fourth-order valence-corrected chi connectivity index (χ4v) is 4.87. The maximum Gasteiger partial charge on any atom is 0.316 e. The Morgan fingerprint density at radius 2 is 1.96 bits per heavy atom. The van der Waals surface area contributed by atoms with Crippen LogP contribution in [0.4, 0.5) is 0 Å². The Labute approximate surface area is 141 Å². The molecule has 3 aliphatic rings. The first-order valence-electron chi connectivity index (χ1n) is 8.47. The summed E-state index contributed by atoms with van der Waals surface area (Å²) in [6, 6.07) is 0. The van der Waals surface area contributed by atoms with Crippen LogP contribution in [0.15, 0.2) is 0 Å². The Morgan fingerprint density at radius 1 is 1.25 bits per heavy atom. The molecule has 136 valence electrons. The lowest BCUT2D eigenvalue weighted by Crippen LogP contribution is -2.49. The third-order valence-corrected chi connectivity index (χ3v) is 6.02. The van der Waals surface area contributed by atoms with Crippen LogP contribution in [-0.2, 0) is 33.3 Å². The minimum atomic E-state index is -0.865. The Morgan fingerprint density at radius 3 is 2.58 bits per heavy atom. The molecule has 7 nitrogen and oxygen atoms in total. The van der Waals surface area contributed by atoms with Crippen molar-refractivity contribution in [3.8, 4) is 0 Å². The van der Waals surface area contributed by atoms with E-state index >= 15 is 0 Å². The Kier molecular flexibility index (Phi) is 4.97. The van der Waals surface area contributed by atoms with Gasteiger partial charge in [0.2, 0.25) is 0 Å². The lowest BCUT2D eigenvalue weighted by Gasteiger charge is -2.46. The molecule has 1 saturated heterocycles. The number of rotatable bonds is 6. The van der Waals surface area contributed by atoms with Crippen molar-refractivity contribution in [3.05, 3.63) is 0 Å². The molecular formula is C17H26O7. The fraction of sp³-hybridized carbons (Fsp3) is 0.882. The molecule has 0 amide bonds. The standard InChI is InChI=1S/C17H26O7/c1-11-8-17(23-6-7-24-17)12-9-16(11,4-5-22-10-20-2)13(14(12)18)15(19)21-3/h11-13H,4-10H2,1-3H3/t11-,12-,13?,16-/m0/s1. The number of Topliss-reactive ketones (excluding diaryl/α,β-unsaturated/α-hetero) is 1. The molecule has 3 rings (SSSR count). The number of ketones is 1. The summed E-state index contributed by atoms with van der Waals surface area (Å²) in [4.78, 5) is 25.5.